The van der Waals surface area contributed by atoms with Crippen molar-refractivity contribution >= 4 is 34.1 Å². The minimum absolute atomic E-state index is 0.109. The van der Waals surface area contributed by atoms with Gasteiger partial charge in [0.05, 0.1) is 43.6 Å². The van der Waals surface area contributed by atoms with Crippen molar-refractivity contribution in [3.63, 3.8) is 0 Å². The summed E-state index contributed by atoms with van der Waals surface area (Å²) in [5.74, 6) is -0.323. The number of morpholine rings is 1. The van der Waals surface area contributed by atoms with Crippen LogP contribution in [-0.2, 0) is 20.9 Å². The van der Waals surface area contributed by atoms with Gasteiger partial charge in [-0.05, 0) is 47.9 Å². The van der Waals surface area contributed by atoms with Crippen LogP contribution >= 0.6 is 0 Å². The average molecular weight is 748 g/mol. The molecule has 3 atom stereocenters. The van der Waals surface area contributed by atoms with Crippen molar-refractivity contribution in [2.75, 3.05) is 50.8 Å². The van der Waals surface area contributed by atoms with Crippen molar-refractivity contribution in [1.82, 2.24) is 39.7 Å². The second-order valence-corrected chi connectivity index (χ2v) is 14.1. The third-order valence-corrected chi connectivity index (χ3v) is 10.6. The molecule has 2 saturated heterocycles. The summed E-state index contributed by atoms with van der Waals surface area (Å²) in [5, 5.41) is 12.0. The molecule has 13 nitrogen and oxygen atoms in total. The van der Waals surface area contributed by atoms with Crippen molar-refractivity contribution in [1.29, 1.82) is 0 Å². The molecule has 3 aliphatic rings. The first kappa shape index (κ1) is 34.8. The first-order valence-electron chi connectivity index (χ1n) is 18.5. The van der Waals surface area contributed by atoms with Gasteiger partial charge in [-0.25, -0.2) is 18.7 Å². The van der Waals surface area contributed by atoms with Gasteiger partial charge in [-0.3, -0.25) is 23.6 Å². The Labute approximate surface area is 314 Å². The van der Waals surface area contributed by atoms with E-state index < -0.39 is 23.7 Å². The number of halogens is 2. The number of nitrogens with one attached hydrogen (secondary N) is 2. The lowest BCUT2D eigenvalue weighted by atomic mass is 10.0. The largest absolute Gasteiger partial charge is 0.488 e. The molecule has 2 amide bonds. The first-order chi connectivity index (χ1) is 26.9. The molecule has 6 bridgehead atoms. The van der Waals surface area contributed by atoms with Gasteiger partial charge in [0.25, 0.3) is 0 Å². The number of aromatic nitrogens is 5. The number of carbonyl (C=O) groups is 2. The van der Waals surface area contributed by atoms with E-state index in [0.717, 1.165) is 28.1 Å². The normalized spacial score (nSPS) is 21.4. The number of benzene rings is 3. The molecule has 3 aromatic heterocycles. The molecule has 6 aromatic rings. The number of anilines is 1. The molecule has 0 saturated carbocycles. The molecule has 2 N–H and O–H groups in total. The summed E-state index contributed by atoms with van der Waals surface area (Å²) in [7, 11) is 0. The maximum atomic E-state index is 14.9. The van der Waals surface area contributed by atoms with Crippen LogP contribution in [0.2, 0.25) is 0 Å². The fourth-order valence-corrected chi connectivity index (χ4v) is 7.88. The highest BCUT2D eigenvalue weighted by Gasteiger charge is 2.40. The number of nitrogens with zero attached hydrogens (tertiary/aromatic N) is 7. The van der Waals surface area contributed by atoms with E-state index in [-0.39, 0.29) is 29.3 Å². The number of imidazole rings is 1. The molecule has 3 aromatic carbocycles. The monoisotopic (exact) mass is 747 g/mol. The molecular formula is C40H39F2N9O4. The number of ether oxygens (including phenoxy) is 2. The van der Waals surface area contributed by atoms with Gasteiger partial charge in [-0.15, -0.1) is 0 Å². The standard InChI is InChI=1S/C40H39F2N9O4/c41-26-8-9-30(32(42)19-26)37-46-21-35-38(43-12-13-50(35)37)51-22-28-20-34(51)39(52)44-10-3-11-45-40(53)36-24-54-17-16-48(36)14-15-49-23-31-29(6-2-7-33(31)47-49)25-4-1-5-27(18-25)55-28/h1-2,4-9,12-13,18-19,21,23,28,34,36H,3,10-11,14-17,20,22,24H2,(H,44,52)(H,45,53). The van der Waals surface area contributed by atoms with Gasteiger partial charge in [0.2, 0.25) is 11.8 Å². The lowest BCUT2D eigenvalue weighted by Gasteiger charge is -2.34. The van der Waals surface area contributed by atoms with Crippen LogP contribution in [0, 0.1) is 11.6 Å². The van der Waals surface area contributed by atoms with Crippen molar-refractivity contribution < 1.29 is 27.8 Å². The molecular weight excluding hydrogens is 708 g/mol. The smallest absolute Gasteiger partial charge is 0.242 e. The van der Waals surface area contributed by atoms with Crippen molar-refractivity contribution in [2.24, 2.45) is 0 Å². The number of hydrogen-bond acceptors (Lipinski definition) is 9. The van der Waals surface area contributed by atoms with Crippen LogP contribution in [-0.4, -0.2) is 105 Å². The summed E-state index contributed by atoms with van der Waals surface area (Å²) >= 11 is 0. The van der Waals surface area contributed by atoms with Crippen LogP contribution in [0.25, 0.3) is 38.9 Å². The Bertz CT molecular complexity index is 2400. The van der Waals surface area contributed by atoms with Gasteiger partial charge in [0.15, 0.2) is 5.82 Å². The molecule has 0 aliphatic carbocycles. The Kier molecular flexibility index (Phi) is 9.32. The zero-order valence-electron chi connectivity index (χ0n) is 29.9. The highest BCUT2D eigenvalue weighted by Crippen LogP contribution is 2.35. The Balaban J connectivity index is 1.05. The predicted molar refractivity (Wildman–Crippen MR) is 200 cm³/mol. The molecule has 9 rings (SSSR count). The summed E-state index contributed by atoms with van der Waals surface area (Å²) < 4.78 is 44.6. The minimum atomic E-state index is -0.738. The van der Waals surface area contributed by atoms with Gasteiger partial charge >= 0.3 is 0 Å². The van der Waals surface area contributed by atoms with Crippen LogP contribution in [0.3, 0.4) is 0 Å². The number of fused-ring (bicyclic) bond motifs is 8. The zero-order chi connectivity index (χ0) is 37.5. The van der Waals surface area contributed by atoms with E-state index in [0.29, 0.717) is 82.4 Å². The van der Waals surface area contributed by atoms with Crippen LogP contribution in [0.5, 0.6) is 5.75 Å². The van der Waals surface area contributed by atoms with Gasteiger partial charge in [-0.1, -0.05) is 24.3 Å². The molecule has 0 spiro atoms. The maximum Gasteiger partial charge on any atom is 0.242 e. The third kappa shape index (κ3) is 6.85. The van der Waals surface area contributed by atoms with E-state index in [4.69, 9.17) is 14.6 Å². The van der Waals surface area contributed by atoms with E-state index in [1.807, 2.05) is 46.0 Å². The number of rotatable bonds is 2. The van der Waals surface area contributed by atoms with Gasteiger partial charge in [-0.2, -0.15) is 5.10 Å². The Morgan fingerprint density at radius 2 is 1.73 bits per heavy atom. The molecule has 55 heavy (non-hydrogen) atoms. The number of amides is 2. The maximum absolute atomic E-state index is 14.9. The van der Waals surface area contributed by atoms with Crippen LogP contribution in [0.4, 0.5) is 14.6 Å². The average Bonchev–Trinajstić information content (AvgIpc) is 3.94. The predicted octanol–water partition coefficient (Wildman–Crippen LogP) is 4.05. The van der Waals surface area contributed by atoms with Crippen LogP contribution < -0.4 is 20.3 Å². The molecule has 282 valence electrons. The highest BCUT2D eigenvalue weighted by atomic mass is 19.1. The Morgan fingerprint density at radius 1 is 0.873 bits per heavy atom. The van der Waals surface area contributed by atoms with E-state index in [1.54, 1.807) is 23.0 Å². The summed E-state index contributed by atoms with van der Waals surface area (Å²) in [5.41, 5.74) is 3.53. The highest BCUT2D eigenvalue weighted by molar-refractivity contribution is 5.94. The summed E-state index contributed by atoms with van der Waals surface area (Å²) in [6.45, 7) is 3.80. The molecule has 15 heteroatoms. The molecule has 2 fully saturated rings. The summed E-state index contributed by atoms with van der Waals surface area (Å²) in [4.78, 5) is 40.5. The fraction of sp³-hybridized carbons (Fsp3) is 0.325. The van der Waals surface area contributed by atoms with Gasteiger partial charge in [0, 0.05) is 62.6 Å². The lowest BCUT2D eigenvalue weighted by Crippen LogP contribution is -2.54. The summed E-state index contributed by atoms with van der Waals surface area (Å²) in [6, 6.07) is 16.2. The van der Waals surface area contributed by atoms with Crippen molar-refractivity contribution in [3.8, 4) is 28.3 Å². The Hall–Kier alpha value is -5.93. The molecule has 6 heterocycles. The van der Waals surface area contributed by atoms with Crippen LogP contribution in [0.1, 0.15) is 12.8 Å². The molecule has 0 radical (unpaired) electrons. The molecule has 3 aliphatic heterocycles. The molecule has 3 unspecified atom stereocenters. The van der Waals surface area contributed by atoms with Gasteiger partial charge in [0.1, 0.15) is 46.9 Å². The van der Waals surface area contributed by atoms with Crippen molar-refractivity contribution in [2.45, 2.75) is 37.6 Å². The summed E-state index contributed by atoms with van der Waals surface area (Å²) in [6.07, 6.45) is 7.36. The van der Waals surface area contributed by atoms with E-state index >= 15 is 0 Å². The topological polar surface area (TPSA) is 131 Å². The zero-order valence-corrected chi connectivity index (χ0v) is 29.9. The van der Waals surface area contributed by atoms with Crippen molar-refractivity contribution in [3.05, 3.63) is 97.1 Å². The second kappa shape index (κ2) is 14.7. The van der Waals surface area contributed by atoms with E-state index in [9.17, 15) is 18.4 Å². The third-order valence-electron chi connectivity index (χ3n) is 10.6. The lowest BCUT2D eigenvalue weighted by molar-refractivity contribution is -0.132. The SMILES string of the molecule is O=C1NCCCNC(=O)C2CC(CN2c2nccn3c(-c4ccc(F)cc4F)ncc23)Oc2cccc(c2)-c2cccc3nn(cc23)CCN2CCOCC12. The second-order valence-electron chi connectivity index (χ2n) is 14.1. The van der Waals surface area contributed by atoms with Gasteiger partial charge < -0.3 is 25.0 Å². The quantitative estimate of drug-likeness (QED) is 0.270. The fourth-order valence-electron chi connectivity index (χ4n) is 7.88. The number of carbonyl (C=O) groups excluding carboxylic acids is 2. The Morgan fingerprint density at radius 3 is 2.60 bits per heavy atom. The number of hydrogen-bond donors (Lipinski definition) is 2. The van der Waals surface area contributed by atoms with E-state index in [2.05, 4.69) is 37.8 Å². The first-order valence-corrected chi connectivity index (χ1v) is 18.5. The minimum Gasteiger partial charge on any atom is -0.488 e. The van der Waals surface area contributed by atoms with Crippen LogP contribution in [0.15, 0.2) is 85.5 Å². The van der Waals surface area contributed by atoms with E-state index in [1.165, 1.54) is 12.1 Å².